The molecule has 6 heteroatoms. The Morgan fingerprint density at radius 3 is 2.95 bits per heavy atom. The van der Waals surface area contributed by atoms with Crippen molar-refractivity contribution >= 4 is 0 Å². The zero-order valence-electron chi connectivity index (χ0n) is 11.0. The molecule has 1 aromatic heterocycles. The highest BCUT2D eigenvalue weighted by molar-refractivity contribution is 5.30. The third-order valence-corrected chi connectivity index (χ3v) is 3.21. The third kappa shape index (κ3) is 2.80. The Kier molecular flexibility index (Phi) is 3.40. The molecule has 3 rings (SSSR count). The van der Waals surface area contributed by atoms with Crippen LogP contribution in [-0.4, -0.2) is 15.2 Å². The van der Waals surface area contributed by atoms with Gasteiger partial charge in [-0.3, -0.25) is 0 Å². The summed E-state index contributed by atoms with van der Waals surface area (Å²) in [6, 6.07) is 4.34. The lowest BCUT2D eigenvalue weighted by Gasteiger charge is -2.08. The van der Waals surface area contributed by atoms with Crippen molar-refractivity contribution in [1.29, 1.82) is 0 Å². The van der Waals surface area contributed by atoms with Crippen LogP contribution in [0.1, 0.15) is 49.1 Å². The first-order valence-corrected chi connectivity index (χ1v) is 6.56. The van der Waals surface area contributed by atoms with Gasteiger partial charge in [0.2, 0.25) is 0 Å². The minimum absolute atomic E-state index is 0.104. The maximum Gasteiger partial charge on any atom is 0.264 e. The molecular weight excluding hydrogens is 263 g/mol. The molecule has 106 valence electrons. The number of aromatic nitrogens is 2. The van der Waals surface area contributed by atoms with Crippen LogP contribution in [0.2, 0.25) is 0 Å². The molecular formula is C14H15FN2O3. The summed E-state index contributed by atoms with van der Waals surface area (Å²) >= 11 is 0. The molecule has 1 fully saturated rings. The molecule has 1 aromatic carbocycles. The van der Waals surface area contributed by atoms with Gasteiger partial charge in [0.05, 0.1) is 6.10 Å². The monoisotopic (exact) mass is 278 g/mol. The van der Waals surface area contributed by atoms with Crippen LogP contribution in [0.15, 0.2) is 22.7 Å². The van der Waals surface area contributed by atoms with E-state index < -0.39 is 11.9 Å². The molecule has 1 unspecified atom stereocenters. The minimum atomic E-state index is -0.846. The first-order valence-electron chi connectivity index (χ1n) is 6.56. The van der Waals surface area contributed by atoms with Crippen LogP contribution in [-0.2, 0) is 6.61 Å². The van der Waals surface area contributed by atoms with Gasteiger partial charge in [0.1, 0.15) is 11.6 Å². The summed E-state index contributed by atoms with van der Waals surface area (Å²) < 4.78 is 24.1. The fourth-order valence-corrected chi connectivity index (χ4v) is 1.92. The lowest BCUT2D eigenvalue weighted by molar-refractivity contribution is 0.193. The molecule has 1 aliphatic carbocycles. The van der Waals surface area contributed by atoms with Crippen molar-refractivity contribution in [3.63, 3.8) is 0 Å². The van der Waals surface area contributed by atoms with Gasteiger partial charge in [-0.05, 0) is 31.9 Å². The van der Waals surface area contributed by atoms with Crippen molar-refractivity contribution in [2.24, 2.45) is 0 Å². The molecule has 0 saturated heterocycles. The van der Waals surface area contributed by atoms with E-state index in [1.807, 2.05) is 0 Å². The molecule has 0 bridgehead atoms. The van der Waals surface area contributed by atoms with E-state index >= 15 is 0 Å². The number of nitrogens with zero attached hydrogens (tertiary/aromatic N) is 2. The Morgan fingerprint density at radius 2 is 2.30 bits per heavy atom. The Bertz CT molecular complexity index is 608. The van der Waals surface area contributed by atoms with Gasteiger partial charge in [-0.15, -0.1) is 0 Å². The summed E-state index contributed by atoms with van der Waals surface area (Å²) in [5.41, 5.74) is 0.242. The van der Waals surface area contributed by atoms with E-state index in [9.17, 15) is 9.50 Å². The van der Waals surface area contributed by atoms with Crippen LogP contribution in [0.3, 0.4) is 0 Å². The third-order valence-electron chi connectivity index (χ3n) is 3.21. The van der Waals surface area contributed by atoms with Crippen LogP contribution in [0, 0.1) is 5.82 Å². The van der Waals surface area contributed by atoms with E-state index in [0.717, 1.165) is 18.7 Å². The Balaban J connectivity index is 1.63. The van der Waals surface area contributed by atoms with Gasteiger partial charge in [0, 0.05) is 17.5 Å². The molecule has 5 nitrogen and oxygen atoms in total. The highest BCUT2D eigenvalue weighted by Gasteiger charge is 2.28. The maximum atomic E-state index is 13.7. The average molecular weight is 278 g/mol. The van der Waals surface area contributed by atoms with E-state index in [0.29, 0.717) is 17.6 Å². The van der Waals surface area contributed by atoms with Crippen LogP contribution < -0.4 is 4.74 Å². The quantitative estimate of drug-likeness (QED) is 0.910. The largest absolute Gasteiger partial charge is 0.484 e. The fourth-order valence-electron chi connectivity index (χ4n) is 1.92. The summed E-state index contributed by atoms with van der Waals surface area (Å²) in [6.07, 6.45) is 1.36. The van der Waals surface area contributed by atoms with E-state index in [2.05, 4.69) is 10.1 Å². The molecule has 2 aromatic rings. The lowest BCUT2D eigenvalue weighted by Crippen LogP contribution is -1.99. The summed E-state index contributed by atoms with van der Waals surface area (Å²) in [4.78, 5) is 4.22. The van der Waals surface area contributed by atoms with Crippen LogP contribution in [0.5, 0.6) is 5.75 Å². The molecule has 0 amide bonds. The number of rotatable bonds is 5. The SMILES string of the molecule is CC(O)c1ccc(OCc2nc(C3CC3)no2)cc1F. The molecule has 0 aliphatic heterocycles. The van der Waals surface area contributed by atoms with Crippen molar-refractivity contribution in [1.82, 2.24) is 10.1 Å². The number of hydrogen-bond donors (Lipinski definition) is 1. The number of hydrogen-bond acceptors (Lipinski definition) is 5. The predicted molar refractivity (Wildman–Crippen MR) is 67.6 cm³/mol. The van der Waals surface area contributed by atoms with E-state index in [1.165, 1.54) is 19.1 Å². The second-order valence-electron chi connectivity index (χ2n) is 4.97. The molecule has 1 aliphatic rings. The lowest BCUT2D eigenvalue weighted by atomic mass is 10.1. The molecule has 0 radical (unpaired) electrons. The topological polar surface area (TPSA) is 68.4 Å². The molecule has 1 saturated carbocycles. The van der Waals surface area contributed by atoms with Crippen LogP contribution in [0.4, 0.5) is 4.39 Å². The summed E-state index contributed by atoms with van der Waals surface area (Å²) in [7, 11) is 0. The maximum absolute atomic E-state index is 13.7. The Labute approximate surface area is 115 Å². The zero-order chi connectivity index (χ0) is 14.1. The predicted octanol–water partition coefficient (Wildman–Crippen LogP) is 2.72. The molecule has 1 N–H and O–H groups in total. The second-order valence-corrected chi connectivity index (χ2v) is 4.97. The number of benzene rings is 1. The van der Waals surface area contributed by atoms with Gasteiger partial charge in [0.25, 0.3) is 5.89 Å². The number of ether oxygens (including phenoxy) is 1. The van der Waals surface area contributed by atoms with Crippen molar-refractivity contribution in [3.8, 4) is 5.75 Å². The molecule has 1 atom stereocenters. The highest BCUT2D eigenvalue weighted by Crippen LogP contribution is 2.38. The van der Waals surface area contributed by atoms with Crippen molar-refractivity contribution in [2.45, 2.75) is 38.4 Å². The van der Waals surface area contributed by atoms with Gasteiger partial charge in [0.15, 0.2) is 12.4 Å². The summed E-state index contributed by atoms with van der Waals surface area (Å²) in [5.74, 6) is 1.39. The highest BCUT2D eigenvalue weighted by atomic mass is 19.1. The van der Waals surface area contributed by atoms with E-state index in [1.54, 1.807) is 6.07 Å². The van der Waals surface area contributed by atoms with Crippen molar-refractivity contribution < 1.29 is 18.8 Å². The average Bonchev–Trinajstić information content (AvgIpc) is 3.15. The normalized spacial score (nSPS) is 16.1. The smallest absolute Gasteiger partial charge is 0.264 e. The van der Waals surface area contributed by atoms with E-state index in [4.69, 9.17) is 9.26 Å². The zero-order valence-corrected chi connectivity index (χ0v) is 11.0. The molecule has 20 heavy (non-hydrogen) atoms. The van der Waals surface area contributed by atoms with Gasteiger partial charge in [-0.2, -0.15) is 4.98 Å². The minimum Gasteiger partial charge on any atom is -0.484 e. The van der Waals surface area contributed by atoms with Gasteiger partial charge in [-0.1, -0.05) is 5.16 Å². The number of aliphatic hydroxyl groups excluding tert-OH is 1. The fraction of sp³-hybridized carbons (Fsp3) is 0.429. The second kappa shape index (κ2) is 5.20. The van der Waals surface area contributed by atoms with Crippen LogP contribution in [0.25, 0.3) is 0 Å². The Hall–Kier alpha value is -1.95. The first kappa shape index (κ1) is 13.1. The van der Waals surface area contributed by atoms with Gasteiger partial charge >= 0.3 is 0 Å². The standard InChI is InChI=1S/C14H15FN2O3/c1-8(18)11-5-4-10(6-12(11)15)19-7-13-16-14(17-20-13)9-2-3-9/h4-6,8-9,18H,2-3,7H2,1H3. The Morgan fingerprint density at radius 1 is 1.50 bits per heavy atom. The number of halogens is 1. The van der Waals surface area contributed by atoms with E-state index in [-0.39, 0.29) is 12.2 Å². The first-order chi connectivity index (χ1) is 9.63. The van der Waals surface area contributed by atoms with Crippen LogP contribution >= 0.6 is 0 Å². The van der Waals surface area contributed by atoms with Gasteiger partial charge < -0.3 is 14.4 Å². The summed E-state index contributed by atoms with van der Waals surface area (Å²) in [6.45, 7) is 1.62. The molecule has 0 spiro atoms. The van der Waals surface area contributed by atoms with Gasteiger partial charge in [-0.25, -0.2) is 4.39 Å². The molecule has 1 heterocycles. The number of aliphatic hydroxyl groups is 1. The van der Waals surface area contributed by atoms with Crippen molar-refractivity contribution in [3.05, 3.63) is 41.3 Å². The summed E-state index contributed by atoms with van der Waals surface area (Å²) in [5, 5.41) is 13.2. The van der Waals surface area contributed by atoms with Crippen molar-refractivity contribution in [2.75, 3.05) is 0 Å².